The van der Waals surface area contributed by atoms with Crippen molar-refractivity contribution in [3.05, 3.63) is 57.0 Å². The average molecular weight is 408 g/mol. The maximum atomic E-state index is 12.8. The lowest BCUT2D eigenvalue weighted by Gasteiger charge is -2.21. The second-order valence-electron chi connectivity index (χ2n) is 5.74. The lowest BCUT2D eigenvalue weighted by molar-refractivity contribution is -0.118. The third-order valence-corrected chi connectivity index (χ3v) is 4.62. The third-order valence-electron chi connectivity index (χ3n) is 3.91. The van der Waals surface area contributed by atoms with Crippen molar-refractivity contribution in [2.75, 3.05) is 16.8 Å². The number of amides is 2. The minimum atomic E-state index is -0.160. The number of nitrogens with one attached hydrogen (secondary N) is 1. The first-order valence-corrected chi connectivity index (χ1v) is 8.76. The molecule has 4 nitrogen and oxygen atoms in total. The molecule has 0 saturated carbocycles. The molecule has 0 bridgehead atoms. The van der Waals surface area contributed by atoms with Gasteiger partial charge in [-0.25, -0.2) is 0 Å². The van der Waals surface area contributed by atoms with Crippen LogP contribution in [0.3, 0.4) is 0 Å². The Morgan fingerprint density at radius 1 is 1.25 bits per heavy atom. The topological polar surface area (TPSA) is 49.4 Å². The summed E-state index contributed by atoms with van der Waals surface area (Å²) in [6, 6.07) is 11.1. The Balaban J connectivity index is 1.88. The first kappa shape index (κ1) is 17.0. The number of hydrogen-bond acceptors (Lipinski definition) is 2. The predicted octanol–water partition coefficient (Wildman–Crippen LogP) is 4.19. The Bertz CT molecular complexity index is 805. The van der Waals surface area contributed by atoms with Crippen molar-refractivity contribution >= 4 is 50.7 Å². The molecular weight excluding hydrogens is 392 g/mol. The first-order chi connectivity index (χ1) is 11.4. The van der Waals surface area contributed by atoms with Gasteiger partial charge in [-0.3, -0.25) is 9.59 Å². The monoisotopic (exact) mass is 406 g/mol. The molecule has 1 aliphatic rings. The highest BCUT2D eigenvalue weighted by Gasteiger charge is 2.28. The number of rotatable bonds is 3. The van der Waals surface area contributed by atoms with Crippen LogP contribution in [-0.2, 0) is 22.4 Å². The van der Waals surface area contributed by atoms with E-state index in [4.69, 9.17) is 11.6 Å². The lowest BCUT2D eigenvalue weighted by Crippen LogP contribution is -2.31. The van der Waals surface area contributed by atoms with Gasteiger partial charge in [0.2, 0.25) is 11.8 Å². The summed E-state index contributed by atoms with van der Waals surface area (Å²) in [6.45, 7) is 2.08. The number of hydrogen-bond donors (Lipinski definition) is 1. The number of anilines is 2. The van der Waals surface area contributed by atoms with E-state index >= 15 is 0 Å². The van der Waals surface area contributed by atoms with E-state index in [-0.39, 0.29) is 11.8 Å². The second-order valence-corrected chi connectivity index (χ2v) is 7.09. The molecule has 2 aromatic carbocycles. The van der Waals surface area contributed by atoms with Crippen molar-refractivity contribution in [2.45, 2.75) is 19.8 Å². The van der Waals surface area contributed by atoms with Crippen LogP contribution in [0.5, 0.6) is 0 Å². The Labute approximate surface area is 153 Å². The highest BCUT2D eigenvalue weighted by molar-refractivity contribution is 9.10. The van der Waals surface area contributed by atoms with Crippen molar-refractivity contribution in [1.82, 2.24) is 0 Å². The van der Waals surface area contributed by atoms with Gasteiger partial charge in [0.15, 0.2) is 0 Å². The SMILES string of the molecule is CC(=O)Nc1cc(Br)cc2c1N(C(=O)Cc1ccc(Cl)cc1)CC2. The summed E-state index contributed by atoms with van der Waals surface area (Å²) in [5.74, 6) is -0.155. The number of benzene rings is 2. The lowest BCUT2D eigenvalue weighted by atomic mass is 10.1. The molecule has 1 heterocycles. The zero-order valence-corrected chi connectivity index (χ0v) is 15.4. The second kappa shape index (κ2) is 6.95. The summed E-state index contributed by atoms with van der Waals surface area (Å²) in [5.41, 5.74) is 3.43. The van der Waals surface area contributed by atoms with Crippen LogP contribution in [-0.4, -0.2) is 18.4 Å². The standard InChI is InChI=1S/C18H16BrClN2O2/c1-11(23)21-16-10-14(19)9-13-6-7-22(18(13)16)17(24)8-12-2-4-15(20)5-3-12/h2-5,9-10H,6-8H2,1H3,(H,21,23). The molecular formula is C18H16BrClN2O2. The number of carbonyl (C=O) groups excluding carboxylic acids is 2. The van der Waals surface area contributed by atoms with Crippen LogP contribution in [0.25, 0.3) is 0 Å². The molecule has 6 heteroatoms. The maximum Gasteiger partial charge on any atom is 0.231 e. The van der Waals surface area contributed by atoms with E-state index in [1.54, 1.807) is 17.0 Å². The van der Waals surface area contributed by atoms with Gasteiger partial charge in [0.25, 0.3) is 0 Å². The summed E-state index contributed by atoms with van der Waals surface area (Å²) >= 11 is 9.34. The largest absolute Gasteiger partial charge is 0.324 e. The van der Waals surface area contributed by atoms with E-state index in [9.17, 15) is 9.59 Å². The molecule has 0 atom stereocenters. The molecule has 0 aromatic heterocycles. The van der Waals surface area contributed by atoms with Crippen LogP contribution in [0.1, 0.15) is 18.1 Å². The fourth-order valence-corrected chi connectivity index (χ4v) is 3.55. The van der Waals surface area contributed by atoms with Crippen molar-refractivity contribution in [1.29, 1.82) is 0 Å². The summed E-state index contributed by atoms with van der Waals surface area (Å²) in [7, 11) is 0. The average Bonchev–Trinajstić information content (AvgIpc) is 2.93. The Morgan fingerprint density at radius 3 is 2.62 bits per heavy atom. The van der Waals surface area contributed by atoms with Crippen molar-refractivity contribution in [3.8, 4) is 0 Å². The molecule has 0 aliphatic carbocycles. The smallest absolute Gasteiger partial charge is 0.231 e. The number of nitrogens with zero attached hydrogens (tertiary/aromatic N) is 1. The summed E-state index contributed by atoms with van der Waals surface area (Å²) in [4.78, 5) is 26.0. The highest BCUT2D eigenvalue weighted by Crippen LogP contribution is 2.38. The zero-order chi connectivity index (χ0) is 17.3. The molecule has 0 unspecified atom stereocenters. The van der Waals surface area contributed by atoms with Crippen molar-refractivity contribution in [2.24, 2.45) is 0 Å². The van der Waals surface area contributed by atoms with E-state index in [0.717, 1.165) is 27.7 Å². The van der Waals surface area contributed by atoms with E-state index in [1.165, 1.54) is 6.92 Å². The van der Waals surface area contributed by atoms with Crippen LogP contribution >= 0.6 is 27.5 Å². The summed E-state index contributed by atoms with van der Waals surface area (Å²) < 4.78 is 0.886. The van der Waals surface area contributed by atoms with Crippen LogP contribution in [0.15, 0.2) is 40.9 Å². The van der Waals surface area contributed by atoms with Crippen LogP contribution < -0.4 is 10.2 Å². The van der Waals surface area contributed by atoms with E-state index in [0.29, 0.717) is 23.7 Å². The fraction of sp³-hybridized carbons (Fsp3) is 0.222. The van der Waals surface area contributed by atoms with E-state index < -0.39 is 0 Å². The van der Waals surface area contributed by atoms with Gasteiger partial charge in [-0.05, 0) is 41.8 Å². The number of halogens is 2. The molecule has 3 rings (SSSR count). The van der Waals surface area contributed by atoms with Gasteiger partial charge in [0, 0.05) is 23.0 Å². The molecule has 24 heavy (non-hydrogen) atoms. The zero-order valence-electron chi connectivity index (χ0n) is 13.1. The highest BCUT2D eigenvalue weighted by atomic mass is 79.9. The van der Waals surface area contributed by atoms with Gasteiger partial charge >= 0.3 is 0 Å². The summed E-state index contributed by atoms with van der Waals surface area (Å²) in [6.07, 6.45) is 1.07. The number of fused-ring (bicyclic) bond motifs is 1. The normalized spacial score (nSPS) is 12.9. The predicted molar refractivity (Wildman–Crippen MR) is 99.7 cm³/mol. The van der Waals surface area contributed by atoms with E-state index in [2.05, 4.69) is 21.2 Å². The molecule has 0 radical (unpaired) electrons. The Hall–Kier alpha value is -1.85. The molecule has 0 spiro atoms. The molecule has 2 amide bonds. The molecule has 0 fully saturated rings. The van der Waals surface area contributed by atoms with Gasteiger partial charge in [-0.15, -0.1) is 0 Å². The van der Waals surface area contributed by atoms with E-state index in [1.807, 2.05) is 24.3 Å². The van der Waals surface area contributed by atoms with Gasteiger partial charge in [0.05, 0.1) is 17.8 Å². The fourth-order valence-electron chi connectivity index (χ4n) is 2.92. The van der Waals surface area contributed by atoms with Gasteiger partial charge in [0.1, 0.15) is 0 Å². The Morgan fingerprint density at radius 2 is 1.96 bits per heavy atom. The van der Waals surface area contributed by atoms with Crippen molar-refractivity contribution < 1.29 is 9.59 Å². The van der Waals surface area contributed by atoms with Crippen molar-refractivity contribution in [3.63, 3.8) is 0 Å². The van der Waals surface area contributed by atoms with Gasteiger partial charge in [-0.2, -0.15) is 0 Å². The van der Waals surface area contributed by atoms with Crippen LogP contribution in [0.2, 0.25) is 5.02 Å². The molecule has 2 aromatic rings. The maximum absolute atomic E-state index is 12.8. The molecule has 0 saturated heterocycles. The Kier molecular flexibility index (Phi) is 4.92. The molecule has 124 valence electrons. The van der Waals surface area contributed by atoms with Gasteiger partial charge in [-0.1, -0.05) is 39.7 Å². The molecule has 1 N–H and O–H groups in total. The minimum absolute atomic E-state index is 0.00463. The third kappa shape index (κ3) is 3.62. The van der Waals surface area contributed by atoms with Crippen LogP contribution in [0.4, 0.5) is 11.4 Å². The van der Waals surface area contributed by atoms with Crippen LogP contribution in [0, 0.1) is 0 Å². The number of carbonyl (C=O) groups is 2. The first-order valence-electron chi connectivity index (χ1n) is 7.59. The summed E-state index contributed by atoms with van der Waals surface area (Å²) in [5, 5.41) is 3.47. The molecule has 1 aliphatic heterocycles. The van der Waals surface area contributed by atoms with Gasteiger partial charge < -0.3 is 10.2 Å². The minimum Gasteiger partial charge on any atom is -0.324 e. The quantitative estimate of drug-likeness (QED) is 0.829.